The molecular weight excluding hydrogens is 279 g/mol. The summed E-state index contributed by atoms with van der Waals surface area (Å²) in [7, 11) is 0. The van der Waals surface area contributed by atoms with Crippen molar-refractivity contribution in [1.29, 1.82) is 0 Å². The second-order valence-corrected chi connectivity index (χ2v) is 5.07. The summed E-state index contributed by atoms with van der Waals surface area (Å²) in [5.74, 6) is 0. The standard InChI is InChI=1S/C13H11ClF3NO/c14-9-3-4-10(11(7-9)13(15,16)17)12(18-8-19)5-1-2-6-12/h3-4,7H,1-2,5-6H2. The molecule has 0 unspecified atom stereocenters. The molecule has 0 heterocycles. The van der Waals surface area contributed by atoms with E-state index in [-0.39, 0.29) is 10.6 Å². The molecule has 102 valence electrons. The molecular formula is C13H11ClF3NO. The molecule has 1 aromatic carbocycles. The summed E-state index contributed by atoms with van der Waals surface area (Å²) in [6.45, 7) is 0. The summed E-state index contributed by atoms with van der Waals surface area (Å²) in [4.78, 5) is 14.2. The lowest BCUT2D eigenvalue weighted by atomic mass is 9.85. The van der Waals surface area contributed by atoms with Crippen molar-refractivity contribution in [1.82, 2.24) is 0 Å². The number of isocyanates is 1. The van der Waals surface area contributed by atoms with Crippen LogP contribution in [-0.4, -0.2) is 6.08 Å². The van der Waals surface area contributed by atoms with Gasteiger partial charge in [-0.05, 0) is 30.5 Å². The van der Waals surface area contributed by atoms with Gasteiger partial charge >= 0.3 is 6.18 Å². The summed E-state index contributed by atoms with van der Waals surface area (Å²) in [5.41, 5.74) is -1.90. The molecule has 0 spiro atoms. The summed E-state index contributed by atoms with van der Waals surface area (Å²) < 4.78 is 39.3. The monoisotopic (exact) mass is 289 g/mol. The van der Waals surface area contributed by atoms with Gasteiger partial charge in [-0.2, -0.15) is 18.2 Å². The molecule has 1 aromatic rings. The number of benzene rings is 1. The Kier molecular flexibility index (Phi) is 3.70. The van der Waals surface area contributed by atoms with Crippen molar-refractivity contribution >= 4 is 17.7 Å². The van der Waals surface area contributed by atoms with E-state index in [4.69, 9.17) is 11.6 Å². The zero-order chi connectivity index (χ0) is 14.1. The molecule has 6 heteroatoms. The van der Waals surface area contributed by atoms with Crippen LogP contribution in [0, 0.1) is 0 Å². The number of carbonyl (C=O) groups excluding carboxylic acids is 1. The van der Waals surface area contributed by atoms with Crippen LogP contribution >= 0.6 is 11.6 Å². The summed E-state index contributed by atoms with van der Waals surface area (Å²) >= 11 is 5.64. The van der Waals surface area contributed by atoms with Gasteiger partial charge in [-0.3, -0.25) is 0 Å². The topological polar surface area (TPSA) is 29.4 Å². The van der Waals surface area contributed by atoms with Gasteiger partial charge in [0.05, 0.1) is 11.1 Å². The lowest BCUT2D eigenvalue weighted by Gasteiger charge is -2.26. The third kappa shape index (κ3) is 2.67. The van der Waals surface area contributed by atoms with Gasteiger partial charge in [-0.1, -0.05) is 30.5 Å². The van der Waals surface area contributed by atoms with Gasteiger partial charge < -0.3 is 0 Å². The van der Waals surface area contributed by atoms with E-state index < -0.39 is 17.3 Å². The average molecular weight is 290 g/mol. The lowest BCUT2D eigenvalue weighted by Crippen LogP contribution is -2.24. The van der Waals surface area contributed by atoms with Crippen LogP contribution in [-0.2, 0) is 16.5 Å². The number of hydrogen-bond donors (Lipinski definition) is 0. The van der Waals surface area contributed by atoms with Crippen LogP contribution in [0.3, 0.4) is 0 Å². The molecule has 0 aliphatic heterocycles. The van der Waals surface area contributed by atoms with Gasteiger partial charge in [0.2, 0.25) is 6.08 Å². The third-order valence-corrected chi connectivity index (χ3v) is 3.71. The smallest absolute Gasteiger partial charge is 0.211 e. The van der Waals surface area contributed by atoms with Crippen molar-refractivity contribution in [2.45, 2.75) is 37.4 Å². The molecule has 0 bridgehead atoms. The molecule has 2 nitrogen and oxygen atoms in total. The first-order valence-electron chi connectivity index (χ1n) is 5.85. The molecule has 0 N–H and O–H groups in total. The molecule has 0 amide bonds. The van der Waals surface area contributed by atoms with Gasteiger partial charge in [-0.25, -0.2) is 4.79 Å². The van der Waals surface area contributed by atoms with Gasteiger partial charge in [0.1, 0.15) is 0 Å². The highest BCUT2D eigenvalue weighted by atomic mass is 35.5. The first-order valence-corrected chi connectivity index (χ1v) is 6.23. The third-order valence-electron chi connectivity index (χ3n) is 3.48. The minimum Gasteiger partial charge on any atom is -0.211 e. The predicted octanol–water partition coefficient (Wildman–Crippen LogP) is 4.46. The van der Waals surface area contributed by atoms with Crippen molar-refractivity contribution in [3.05, 3.63) is 34.3 Å². The molecule has 1 aliphatic rings. The van der Waals surface area contributed by atoms with Gasteiger partial charge in [0, 0.05) is 5.02 Å². The van der Waals surface area contributed by atoms with Crippen LogP contribution in [0.5, 0.6) is 0 Å². The van der Waals surface area contributed by atoms with E-state index in [0.717, 1.165) is 18.9 Å². The largest absolute Gasteiger partial charge is 0.416 e. The van der Waals surface area contributed by atoms with E-state index in [1.54, 1.807) is 0 Å². The Bertz CT molecular complexity index is 529. The van der Waals surface area contributed by atoms with E-state index in [1.807, 2.05) is 0 Å². The van der Waals surface area contributed by atoms with Gasteiger partial charge in [0.15, 0.2) is 0 Å². The van der Waals surface area contributed by atoms with E-state index in [2.05, 4.69) is 4.99 Å². The van der Waals surface area contributed by atoms with Gasteiger partial charge in [-0.15, -0.1) is 0 Å². The quantitative estimate of drug-likeness (QED) is 0.583. The molecule has 2 rings (SSSR count). The minimum atomic E-state index is -4.52. The minimum absolute atomic E-state index is 0.0132. The normalized spacial score (nSPS) is 18.1. The Morgan fingerprint density at radius 2 is 1.89 bits per heavy atom. The predicted molar refractivity (Wildman–Crippen MR) is 64.7 cm³/mol. The second-order valence-electron chi connectivity index (χ2n) is 4.63. The van der Waals surface area contributed by atoms with Crippen molar-refractivity contribution in [3.8, 4) is 0 Å². The summed E-state index contributed by atoms with van der Waals surface area (Å²) in [6.07, 6.45) is -0.773. The summed E-state index contributed by atoms with van der Waals surface area (Å²) in [6, 6.07) is 3.60. The Balaban J connectivity index is 2.64. The second kappa shape index (κ2) is 4.99. The SMILES string of the molecule is O=C=NC1(c2ccc(Cl)cc2C(F)(F)F)CCCC1. The number of nitrogens with zero attached hydrogens (tertiary/aromatic N) is 1. The number of halogens is 4. The molecule has 0 radical (unpaired) electrons. The molecule has 1 fully saturated rings. The zero-order valence-electron chi connectivity index (χ0n) is 9.93. The Labute approximate surface area is 113 Å². The Morgan fingerprint density at radius 1 is 1.26 bits per heavy atom. The number of aliphatic imine (C=N–C) groups is 1. The molecule has 19 heavy (non-hydrogen) atoms. The van der Waals surface area contributed by atoms with Crippen molar-refractivity contribution in [3.63, 3.8) is 0 Å². The Morgan fingerprint density at radius 3 is 2.42 bits per heavy atom. The highest BCUT2D eigenvalue weighted by Crippen LogP contribution is 2.47. The molecule has 1 aliphatic carbocycles. The molecule has 0 aromatic heterocycles. The fraction of sp³-hybridized carbons (Fsp3) is 0.462. The first kappa shape index (κ1) is 14.1. The van der Waals surface area contributed by atoms with Crippen LogP contribution < -0.4 is 0 Å². The average Bonchev–Trinajstić information content (AvgIpc) is 2.78. The van der Waals surface area contributed by atoms with Crippen LogP contribution in [0.1, 0.15) is 36.8 Å². The highest BCUT2D eigenvalue weighted by Gasteiger charge is 2.43. The maximum Gasteiger partial charge on any atom is 0.416 e. The lowest BCUT2D eigenvalue weighted by molar-refractivity contribution is -0.138. The van der Waals surface area contributed by atoms with Crippen molar-refractivity contribution in [2.75, 3.05) is 0 Å². The maximum absolute atomic E-state index is 13.1. The first-order chi connectivity index (χ1) is 8.89. The van der Waals surface area contributed by atoms with Crippen LogP contribution in [0.2, 0.25) is 5.02 Å². The fourth-order valence-corrected chi connectivity index (χ4v) is 2.82. The van der Waals surface area contributed by atoms with Crippen molar-refractivity contribution in [2.24, 2.45) is 4.99 Å². The van der Waals surface area contributed by atoms with Crippen LogP contribution in [0.15, 0.2) is 23.2 Å². The van der Waals surface area contributed by atoms with Crippen LogP contribution in [0.4, 0.5) is 13.2 Å². The zero-order valence-corrected chi connectivity index (χ0v) is 10.7. The molecule has 0 atom stereocenters. The van der Waals surface area contributed by atoms with E-state index in [9.17, 15) is 18.0 Å². The molecule has 0 saturated heterocycles. The number of hydrogen-bond acceptors (Lipinski definition) is 2. The van der Waals surface area contributed by atoms with Crippen LogP contribution in [0.25, 0.3) is 0 Å². The van der Waals surface area contributed by atoms with Crippen molar-refractivity contribution < 1.29 is 18.0 Å². The van der Waals surface area contributed by atoms with E-state index in [0.29, 0.717) is 12.8 Å². The number of rotatable bonds is 2. The maximum atomic E-state index is 13.1. The molecule has 1 saturated carbocycles. The summed E-state index contributed by atoms with van der Waals surface area (Å²) in [5, 5.41) is 0.0132. The fourth-order valence-electron chi connectivity index (χ4n) is 2.65. The van der Waals surface area contributed by atoms with E-state index in [1.165, 1.54) is 18.2 Å². The van der Waals surface area contributed by atoms with Gasteiger partial charge in [0.25, 0.3) is 0 Å². The number of alkyl halides is 3. The Hall–Kier alpha value is -1.32. The highest BCUT2D eigenvalue weighted by molar-refractivity contribution is 6.30. The van der Waals surface area contributed by atoms with E-state index >= 15 is 0 Å².